The Bertz CT molecular complexity index is 1550. The topological polar surface area (TPSA) is 107 Å². The number of hydrogen-bond acceptors (Lipinski definition) is 6. The van der Waals surface area contributed by atoms with Crippen molar-refractivity contribution in [3.05, 3.63) is 116 Å². The first-order valence-electron chi connectivity index (χ1n) is 12.5. The molecule has 3 aromatic carbocycles. The van der Waals surface area contributed by atoms with Gasteiger partial charge in [-0.3, -0.25) is 19.2 Å². The van der Waals surface area contributed by atoms with Gasteiger partial charge >= 0.3 is 0 Å². The maximum absolute atomic E-state index is 14.3. The predicted molar refractivity (Wildman–Crippen MR) is 147 cm³/mol. The van der Waals surface area contributed by atoms with Gasteiger partial charge in [-0.15, -0.1) is 0 Å². The van der Waals surface area contributed by atoms with Gasteiger partial charge in [0, 0.05) is 27.6 Å². The van der Waals surface area contributed by atoms with E-state index in [1.807, 2.05) is 6.92 Å². The third-order valence-corrected chi connectivity index (χ3v) is 9.52. The molecular formula is C29H27ClN2O6S. The number of sulfonamides is 1. The number of nitrogens with zero attached hydrogens (tertiary/aromatic N) is 2. The lowest BCUT2D eigenvalue weighted by atomic mass is 9.72. The van der Waals surface area contributed by atoms with Gasteiger partial charge in [0.05, 0.1) is 17.9 Å². The molecule has 39 heavy (non-hydrogen) atoms. The molecule has 0 spiro atoms. The summed E-state index contributed by atoms with van der Waals surface area (Å²) in [6, 6.07) is 16.8. The molecule has 0 bridgehead atoms. The van der Waals surface area contributed by atoms with Crippen molar-refractivity contribution in [2.24, 2.45) is 0 Å². The van der Waals surface area contributed by atoms with Gasteiger partial charge in [-0.2, -0.15) is 0 Å². The Hall–Kier alpha value is -3.69. The van der Waals surface area contributed by atoms with Crippen molar-refractivity contribution < 1.29 is 22.9 Å². The summed E-state index contributed by atoms with van der Waals surface area (Å²) in [6.07, 6.45) is 0.940. The summed E-state index contributed by atoms with van der Waals surface area (Å²) in [7, 11) is -2.79. The Morgan fingerprint density at radius 1 is 0.949 bits per heavy atom. The second kappa shape index (κ2) is 10.5. The monoisotopic (exact) mass is 566 g/mol. The lowest BCUT2D eigenvalue weighted by molar-refractivity contribution is -0.534. The Morgan fingerprint density at radius 3 is 2.15 bits per heavy atom. The molecule has 3 atom stereocenters. The van der Waals surface area contributed by atoms with E-state index >= 15 is 0 Å². The highest BCUT2D eigenvalue weighted by Gasteiger charge is 2.56. The van der Waals surface area contributed by atoms with Crippen LogP contribution in [0, 0.1) is 17.0 Å². The van der Waals surface area contributed by atoms with Crippen LogP contribution in [0.15, 0.2) is 89.0 Å². The summed E-state index contributed by atoms with van der Waals surface area (Å²) in [5.74, 6) is -0.709. The van der Waals surface area contributed by atoms with E-state index in [0.29, 0.717) is 40.4 Å². The van der Waals surface area contributed by atoms with Gasteiger partial charge in [0.15, 0.2) is 5.78 Å². The first kappa shape index (κ1) is 26.9. The third kappa shape index (κ3) is 4.81. The predicted octanol–water partition coefficient (Wildman–Crippen LogP) is 5.84. The number of benzene rings is 3. The number of carbonyl (C=O) groups excluding carboxylic acids is 1. The van der Waals surface area contributed by atoms with Gasteiger partial charge in [-0.1, -0.05) is 53.6 Å². The van der Waals surface area contributed by atoms with Gasteiger partial charge in [-0.25, -0.2) is 8.42 Å². The zero-order valence-electron chi connectivity index (χ0n) is 21.4. The second-order valence-electron chi connectivity index (χ2n) is 9.77. The number of halogens is 1. The molecule has 8 nitrogen and oxygen atoms in total. The van der Waals surface area contributed by atoms with Crippen molar-refractivity contribution in [3.63, 3.8) is 0 Å². The lowest BCUT2D eigenvalue weighted by Crippen LogP contribution is -2.52. The Morgan fingerprint density at radius 2 is 1.56 bits per heavy atom. The minimum atomic E-state index is -4.30. The van der Waals surface area contributed by atoms with Crippen LogP contribution in [0.5, 0.6) is 5.75 Å². The highest BCUT2D eigenvalue weighted by atomic mass is 35.5. The maximum Gasteiger partial charge on any atom is 0.264 e. The molecule has 5 rings (SSSR count). The van der Waals surface area contributed by atoms with Crippen LogP contribution in [-0.2, 0) is 14.8 Å². The van der Waals surface area contributed by atoms with Crippen molar-refractivity contribution in [1.29, 1.82) is 0 Å². The number of carbonyl (C=O) groups is 1. The molecule has 10 heteroatoms. The van der Waals surface area contributed by atoms with E-state index in [0.717, 1.165) is 9.87 Å². The lowest BCUT2D eigenvalue weighted by Gasteiger charge is -2.45. The van der Waals surface area contributed by atoms with Crippen molar-refractivity contribution in [1.82, 2.24) is 4.31 Å². The first-order chi connectivity index (χ1) is 18.6. The molecule has 202 valence electrons. The minimum Gasteiger partial charge on any atom is -0.497 e. The number of Topliss-reactive ketones (excluding diaryl/α,β-unsaturated/α-hetero) is 1. The molecule has 1 aliphatic heterocycles. The minimum absolute atomic E-state index is 0.00326. The summed E-state index contributed by atoms with van der Waals surface area (Å²) >= 11 is 6.12. The van der Waals surface area contributed by atoms with E-state index < -0.39 is 32.9 Å². The van der Waals surface area contributed by atoms with Crippen LogP contribution in [0.3, 0.4) is 0 Å². The number of ether oxygens (including phenoxy) is 1. The van der Waals surface area contributed by atoms with Crippen molar-refractivity contribution in [2.75, 3.05) is 7.11 Å². The SMILES string of the molecule is COc1ccc([C@@H]2[C@@H]([N+](=O)[O-])[C@H](c3ccc(Cl)cc3)C3=C(CCCC3=O)N2S(=O)(=O)c2ccc(C)cc2)cc1. The first-order valence-corrected chi connectivity index (χ1v) is 14.4. The molecule has 0 saturated heterocycles. The number of hydrogen-bond donors (Lipinski definition) is 0. The molecular weight excluding hydrogens is 540 g/mol. The second-order valence-corrected chi connectivity index (χ2v) is 12.0. The van der Waals surface area contributed by atoms with Crippen LogP contribution >= 0.6 is 11.6 Å². The summed E-state index contributed by atoms with van der Waals surface area (Å²) in [4.78, 5) is 26.0. The van der Waals surface area contributed by atoms with Gasteiger partial charge in [0.25, 0.3) is 10.0 Å². The average molecular weight is 567 g/mol. The molecule has 0 aromatic heterocycles. The average Bonchev–Trinajstić information content (AvgIpc) is 2.92. The van der Waals surface area contributed by atoms with Crippen molar-refractivity contribution >= 4 is 27.4 Å². The Kier molecular flexibility index (Phi) is 7.22. The van der Waals surface area contributed by atoms with Gasteiger partial charge in [-0.05, 0) is 67.3 Å². The number of rotatable bonds is 6. The van der Waals surface area contributed by atoms with Crippen molar-refractivity contribution in [3.8, 4) is 5.75 Å². The fourth-order valence-corrected chi connectivity index (χ4v) is 7.47. The van der Waals surface area contributed by atoms with Crippen LogP contribution in [0.25, 0.3) is 0 Å². The number of nitro groups is 1. The molecule has 0 N–H and O–H groups in total. The normalized spacial score (nSPS) is 21.5. The zero-order valence-corrected chi connectivity index (χ0v) is 23.0. The van der Waals surface area contributed by atoms with Gasteiger partial charge in [0.2, 0.25) is 6.04 Å². The fraction of sp³-hybridized carbons (Fsp3) is 0.276. The van der Waals surface area contributed by atoms with E-state index in [9.17, 15) is 23.3 Å². The van der Waals surface area contributed by atoms with E-state index in [2.05, 4.69) is 0 Å². The summed E-state index contributed by atoms with van der Waals surface area (Å²) in [5.41, 5.74) is 2.33. The van der Waals surface area contributed by atoms with Gasteiger partial charge in [0.1, 0.15) is 11.8 Å². The van der Waals surface area contributed by atoms with E-state index in [4.69, 9.17) is 16.3 Å². The van der Waals surface area contributed by atoms with E-state index in [-0.39, 0.29) is 22.7 Å². The smallest absolute Gasteiger partial charge is 0.264 e. The Labute approximate surface area is 232 Å². The summed E-state index contributed by atoms with van der Waals surface area (Å²) < 4.78 is 35.1. The van der Waals surface area contributed by atoms with Crippen LogP contribution in [0.4, 0.5) is 0 Å². The molecule has 0 saturated carbocycles. The van der Waals surface area contributed by atoms with Crippen molar-refractivity contribution in [2.45, 2.75) is 49.1 Å². The number of aryl methyl sites for hydroxylation is 1. The number of methoxy groups -OCH3 is 1. The molecule has 0 unspecified atom stereocenters. The summed E-state index contributed by atoms with van der Waals surface area (Å²) in [5, 5.41) is 13.4. The molecule has 2 aliphatic rings. The maximum atomic E-state index is 14.3. The Balaban J connectivity index is 1.84. The van der Waals surface area contributed by atoms with Crippen LogP contribution in [0.1, 0.15) is 47.9 Å². The van der Waals surface area contributed by atoms with Crippen LogP contribution < -0.4 is 4.74 Å². The number of ketones is 1. The molecule has 0 amide bonds. The molecule has 0 radical (unpaired) electrons. The summed E-state index contributed by atoms with van der Waals surface area (Å²) in [6.45, 7) is 1.84. The highest BCUT2D eigenvalue weighted by Crippen LogP contribution is 2.51. The standard InChI is InChI=1S/C29H27ClN2O6S/c1-18-6-16-23(17-7-18)39(36,37)31-24-4-3-5-25(33)27(24)26(19-8-12-21(30)13-9-19)29(32(34)35)28(31)20-10-14-22(38-2)15-11-20/h6-17,26,28-29H,3-5H2,1-2H3/t26-,28-,29+/m1/s1. The fourth-order valence-electron chi connectivity index (χ4n) is 5.61. The molecule has 1 heterocycles. The van der Waals surface area contributed by atoms with E-state index in [1.165, 1.54) is 19.2 Å². The van der Waals surface area contributed by atoms with Crippen LogP contribution in [-0.4, -0.2) is 36.6 Å². The molecule has 0 fully saturated rings. The molecule has 3 aromatic rings. The zero-order chi connectivity index (χ0) is 27.9. The van der Waals surface area contributed by atoms with Crippen LogP contribution in [0.2, 0.25) is 5.02 Å². The number of allylic oxidation sites excluding steroid dienone is 1. The third-order valence-electron chi connectivity index (χ3n) is 7.43. The highest BCUT2D eigenvalue weighted by molar-refractivity contribution is 7.89. The quantitative estimate of drug-likeness (QED) is 0.274. The van der Waals surface area contributed by atoms with E-state index in [1.54, 1.807) is 60.7 Å². The largest absolute Gasteiger partial charge is 0.497 e. The van der Waals surface area contributed by atoms with Gasteiger partial charge < -0.3 is 4.74 Å². The molecule has 1 aliphatic carbocycles.